The number of rotatable bonds is 8. The van der Waals surface area contributed by atoms with E-state index >= 15 is 0 Å². The van der Waals surface area contributed by atoms with Gasteiger partial charge in [-0.3, -0.25) is 19.3 Å². The smallest absolute Gasteiger partial charge is 0.326 e. The van der Waals surface area contributed by atoms with Crippen molar-refractivity contribution in [3.63, 3.8) is 0 Å². The minimum Gasteiger partial charge on any atom is -0.493 e. The Hall–Kier alpha value is -2.19. The fourth-order valence-corrected chi connectivity index (χ4v) is 3.45. The summed E-state index contributed by atoms with van der Waals surface area (Å²) in [5.74, 6) is -0.351. The van der Waals surface area contributed by atoms with Gasteiger partial charge in [-0.15, -0.1) is 0 Å². The van der Waals surface area contributed by atoms with Gasteiger partial charge in [-0.25, -0.2) is 0 Å². The summed E-state index contributed by atoms with van der Waals surface area (Å²) in [6.07, 6.45) is 2.28. The van der Waals surface area contributed by atoms with Crippen LogP contribution in [0.2, 0.25) is 5.02 Å². The molecule has 0 bridgehead atoms. The normalized spacial score (nSPS) is 16.5. The second-order valence-corrected chi connectivity index (χ2v) is 7.34. The molecule has 0 saturated carbocycles. The zero-order valence-electron chi connectivity index (χ0n) is 16.1. The van der Waals surface area contributed by atoms with E-state index in [1.807, 2.05) is 13.8 Å². The molecule has 1 heterocycles. The quantitative estimate of drug-likeness (QED) is 0.455. The number of hydrogen-bond donors (Lipinski definition) is 0. The van der Waals surface area contributed by atoms with Crippen LogP contribution in [0.3, 0.4) is 0 Å². The maximum absolute atomic E-state index is 12.5. The number of carbonyl (C=O) groups is 3. The van der Waals surface area contributed by atoms with Crippen LogP contribution in [0.25, 0.3) is 6.08 Å². The standard InChI is InChI=1S/C19H22ClNO6S/c1-5-11(3)27-17-13(20)7-12(8-14(17)25-4)9-15-18(23)21(19(24)28-15)10-16(22)26-6-2/h7-9,11H,5-6,10H2,1-4H3/b15-9+. The van der Waals surface area contributed by atoms with Crippen LogP contribution in [0.5, 0.6) is 11.5 Å². The topological polar surface area (TPSA) is 82.1 Å². The van der Waals surface area contributed by atoms with Crippen LogP contribution in [0.15, 0.2) is 17.0 Å². The molecule has 0 spiro atoms. The van der Waals surface area contributed by atoms with E-state index in [1.54, 1.807) is 19.1 Å². The number of imide groups is 1. The van der Waals surface area contributed by atoms with Crippen molar-refractivity contribution < 1.29 is 28.6 Å². The molecule has 1 fully saturated rings. The summed E-state index contributed by atoms with van der Waals surface area (Å²) >= 11 is 7.08. The number of nitrogens with zero attached hydrogens (tertiary/aromatic N) is 1. The van der Waals surface area contributed by atoms with Crippen molar-refractivity contribution >= 4 is 46.6 Å². The van der Waals surface area contributed by atoms with Gasteiger partial charge in [0.2, 0.25) is 0 Å². The van der Waals surface area contributed by atoms with E-state index in [9.17, 15) is 14.4 Å². The van der Waals surface area contributed by atoms with E-state index in [4.69, 9.17) is 25.8 Å². The number of esters is 1. The Bertz CT molecular complexity index is 810. The number of methoxy groups -OCH3 is 1. The molecule has 1 saturated heterocycles. The summed E-state index contributed by atoms with van der Waals surface area (Å²) in [7, 11) is 1.49. The number of ether oxygens (including phenoxy) is 3. The molecule has 2 amide bonds. The lowest BCUT2D eigenvalue weighted by Gasteiger charge is -2.17. The lowest BCUT2D eigenvalue weighted by Crippen LogP contribution is -2.34. The van der Waals surface area contributed by atoms with Gasteiger partial charge in [0, 0.05) is 0 Å². The van der Waals surface area contributed by atoms with Crippen LogP contribution in [-0.2, 0) is 14.3 Å². The molecule has 1 unspecified atom stereocenters. The van der Waals surface area contributed by atoms with Crippen molar-refractivity contribution in [2.45, 2.75) is 33.3 Å². The van der Waals surface area contributed by atoms with E-state index < -0.39 is 23.7 Å². The summed E-state index contributed by atoms with van der Waals surface area (Å²) in [4.78, 5) is 37.2. The third kappa shape index (κ3) is 5.20. The molecule has 1 aliphatic rings. The Balaban J connectivity index is 2.27. The number of benzene rings is 1. The molecule has 1 aromatic carbocycles. The fourth-order valence-electron chi connectivity index (χ4n) is 2.35. The van der Waals surface area contributed by atoms with Crippen LogP contribution in [0, 0.1) is 0 Å². The van der Waals surface area contributed by atoms with Crippen LogP contribution >= 0.6 is 23.4 Å². The van der Waals surface area contributed by atoms with Crippen molar-refractivity contribution in [1.82, 2.24) is 4.90 Å². The summed E-state index contributed by atoms with van der Waals surface area (Å²) in [6, 6.07) is 3.30. The van der Waals surface area contributed by atoms with Crippen LogP contribution in [-0.4, -0.2) is 48.4 Å². The molecule has 9 heteroatoms. The third-order valence-corrected chi connectivity index (χ3v) is 5.10. The molecule has 152 valence electrons. The van der Waals surface area contributed by atoms with E-state index in [0.29, 0.717) is 22.1 Å². The zero-order chi connectivity index (χ0) is 20.8. The maximum atomic E-state index is 12.5. The average molecular weight is 428 g/mol. The Morgan fingerprint density at radius 2 is 2.04 bits per heavy atom. The third-order valence-electron chi connectivity index (χ3n) is 3.91. The van der Waals surface area contributed by atoms with Crippen molar-refractivity contribution in [2.24, 2.45) is 0 Å². The first-order valence-corrected chi connectivity index (χ1v) is 9.95. The predicted octanol–water partition coefficient (Wildman–Crippen LogP) is 4.13. The molecule has 28 heavy (non-hydrogen) atoms. The van der Waals surface area contributed by atoms with Gasteiger partial charge >= 0.3 is 5.97 Å². The highest BCUT2D eigenvalue weighted by molar-refractivity contribution is 8.18. The monoisotopic (exact) mass is 427 g/mol. The van der Waals surface area contributed by atoms with Gasteiger partial charge in [0.25, 0.3) is 11.1 Å². The van der Waals surface area contributed by atoms with Crippen LogP contribution in [0.4, 0.5) is 4.79 Å². The minimum absolute atomic E-state index is 0.0448. The minimum atomic E-state index is -0.637. The van der Waals surface area contributed by atoms with Gasteiger partial charge in [0.1, 0.15) is 6.54 Å². The SMILES string of the molecule is CCOC(=O)CN1C(=O)S/C(=C/c2cc(Cl)c(OC(C)CC)c(OC)c2)C1=O. The second-order valence-electron chi connectivity index (χ2n) is 5.94. The maximum Gasteiger partial charge on any atom is 0.326 e. The number of hydrogen-bond acceptors (Lipinski definition) is 7. The lowest BCUT2D eigenvalue weighted by atomic mass is 10.1. The summed E-state index contributed by atoms with van der Waals surface area (Å²) < 4.78 is 15.9. The molecule has 1 aromatic rings. The van der Waals surface area contributed by atoms with Gasteiger partial charge in [0.15, 0.2) is 11.5 Å². The summed E-state index contributed by atoms with van der Waals surface area (Å²) in [6.45, 7) is 5.32. The highest BCUT2D eigenvalue weighted by Crippen LogP contribution is 2.39. The van der Waals surface area contributed by atoms with E-state index in [-0.39, 0.29) is 17.6 Å². The van der Waals surface area contributed by atoms with Gasteiger partial charge in [0.05, 0.1) is 29.7 Å². The molecule has 1 aliphatic heterocycles. The zero-order valence-corrected chi connectivity index (χ0v) is 17.7. The molecular weight excluding hydrogens is 406 g/mol. The van der Waals surface area contributed by atoms with Gasteiger partial charge in [-0.2, -0.15) is 0 Å². The van der Waals surface area contributed by atoms with E-state index in [2.05, 4.69) is 0 Å². The molecular formula is C19H22ClNO6S. The second kappa shape index (κ2) is 9.84. The Morgan fingerprint density at radius 3 is 2.64 bits per heavy atom. The van der Waals surface area contributed by atoms with Crippen LogP contribution in [0.1, 0.15) is 32.8 Å². The number of halogens is 1. The number of carbonyl (C=O) groups excluding carboxylic acids is 3. The van der Waals surface area contributed by atoms with Gasteiger partial charge in [-0.1, -0.05) is 18.5 Å². The van der Waals surface area contributed by atoms with Gasteiger partial charge < -0.3 is 14.2 Å². The predicted molar refractivity (Wildman–Crippen MR) is 108 cm³/mol. The Kier molecular flexibility index (Phi) is 7.77. The summed E-state index contributed by atoms with van der Waals surface area (Å²) in [5.41, 5.74) is 0.569. The van der Waals surface area contributed by atoms with E-state index in [1.165, 1.54) is 13.2 Å². The molecule has 2 rings (SSSR count). The molecule has 0 N–H and O–H groups in total. The summed E-state index contributed by atoms with van der Waals surface area (Å²) in [5, 5.41) is -0.198. The van der Waals surface area contributed by atoms with Gasteiger partial charge in [-0.05, 0) is 55.8 Å². The average Bonchev–Trinajstić information content (AvgIpc) is 2.91. The molecule has 0 aliphatic carbocycles. The van der Waals surface area contributed by atoms with Crippen LogP contribution < -0.4 is 9.47 Å². The molecule has 7 nitrogen and oxygen atoms in total. The molecule has 1 atom stereocenters. The number of thioether (sulfide) groups is 1. The van der Waals surface area contributed by atoms with Crippen molar-refractivity contribution in [3.05, 3.63) is 27.6 Å². The largest absolute Gasteiger partial charge is 0.493 e. The molecule has 0 radical (unpaired) electrons. The highest BCUT2D eigenvalue weighted by atomic mass is 35.5. The Labute approximate surface area is 172 Å². The van der Waals surface area contributed by atoms with Crippen molar-refractivity contribution in [2.75, 3.05) is 20.3 Å². The van der Waals surface area contributed by atoms with E-state index in [0.717, 1.165) is 23.1 Å². The highest BCUT2D eigenvalue weighted by Gasteiger charge is 2.36. The van der Waals surface area contributed by atoms with Crippen molar-refractivity contribution in [3.8, 4) is 11.5 Å². The Morgan fingerprint density at radius 1 is 1.32 bits per heavy atom. The number of amides is 2. The first kappa shape index (κ1) is 22.1. The lowest BCUT2D eigenvalue weighted by molar-refractivity contribution is -0.145. The van der Waals surface area contributed by atoms with Crippen molar-refractivity contribution in [1.29, 1.82) is 0 Å². The fraction of sp³-hybridized carbons (Fsp3) is 0.421. The first-order chi connectivity index (χ1) is 13.3. The molecule has 0 aromatic heterocycles. The first-order valence-electron chi connectivity index (χ1n) is 8.75.